The van der Waals surface area contributed by atoms with Crippen LogP contribution >= 0.6 is 0 Å². The second kappa shape index (κ2) is 5.68. The molecule has 0 bridgehead atoms. The largest absolute Gasteiger partial charge is 0.492 e. The van der Waals surface area contributed by atoms with Gasteiger partial charge < -0.3 is 10.1 Å². The summed E-state index contributed by atoms with van der Waals surface area (Å²) in [5, 5.41) is 11.7. The molecule has 0 saturated carbocycles. The number of amides is 1. The zero-order chi connectivity index (χ0) is 14.7. The maximum Gasteiger partial charge on any atom is 0.231 e. The predicted octanol–water partition coefficient (Wildman–Crippen LogP) is 2.75. The Kier molecular flexibility index (Phi) is 3.57. The molecule has 1 aliphatic heterocycles. The summed E-state index contributed by atoms with van der Waals surface area (Å²) in [6.07, 6.45) is 0.667. The minimum atomic E-state index is -0.217. The molecule has 1 aliphatic rings. The van der Waals surface area contributed by atoms with Gasteiger partial charge >= 0.3 is 0 Å². The summed E-state index contributed by atoms with van der Waals surface area (Å²) in [7, 11) is 0. The van der Waals surface area contributed by atoms with E-state index in [0.29, 0.717) is 24.3 Å². The Bertz CT molecular complexity index is 719. The van der Waals surface area contributed by atoms with E-state index >= 15 is 0 Å². The van der Waals surface area contributed by atoms with E-state index in [4.69, 9.17) is 10.00 Å². The van der Waals surface area contributed by atoms with Gasteiger partial charge in [0.2, 0.25) is 5.91 Å². The van der Waals surface area contributed by atoms with Crippen LogP contribution in [0.25, 0.3) is 0 Å². The Hall–Kier alpha value is -2.80. The molecule has 1 amide bonds. The van der Waals surface area contributed by atoms with Gasteiger partial charge in [-0.1, -0.05) is 24.3 Å². The molecule has 4 nitrogen and oxygen atoms in total. The zero-order valence-corrected chi connectivity index (χ0v) is 11.4. The molecule has 1 atom stereocenters. The quantitative estimate of drug-likeness (QED) is 0.918. The number of nitrogens with one attached hydrogen (secondary N) is 1. The summed E-state index contributed by atoms with van der Waals surface area (Å²) < 4.78 is 5.63. The Morgan fingerprint density at radius 3 is 2.95 bits per heavy atom. The van der Waals surface area contributed by atoms with E-state index in [1.165, 1.54) is 0 Å². The number of ether oxygens (including phenoxy) is 1. The third-order valence-electron chi connectivity index (χ3n) is 3.51. The van der Waals surface area contributed by atoms with Gasteiger partial charge in [-0.3, -0.25) is 4.79 Å². The maximum atomic E-state index is 12.3. The first-order valence-electron chi connectivity index (χ1n) is 6.78. The molecule has 0 unspecified atom stereocenters. The number of benzene rings is 2. The highest BCUT2D eigenvalue weighted by molar-refractivity contribution is 5.93. The van der Waals surface area contributed by atoms with Crippen molar-refractivity contribution in [2.45, 2.75) is 6.42 Å². The lowest BCUT2D eigenvalue weighted by Gasteiger charge is -2.24. The molecule has 1 N–H and O–H groups in total. The average Bonchev–Trinajstić information content (AvgIpc) is 2.54. The van der Waals surface area contributed by atoms with E-state index in [1.807, 2.05) is 24.3 Å². The summed E-state index contributed by atoms with van der Waals surface area (Å²) >= 11 is 0. The van der Waals surface area contributed by atoms with Crippen LogP contribution in [0.2, 0.25) is 0 Å². The summed E-state index contributed by atoms with van der Waals surface area (Å²) in [5.74, 6) is 0.554. The molecule has 0 fully saturated rings. The van der Waals surface area contributed by atoms with Crippen molar-refractivity contribution in [1.82, 2.24) is 0 Å². The number of carbonyl (C=O) groups is 1. The first kappa shape index (κ1) is 13.2. The summed E-state index contributed by atoms with van der Waals surface area (Å²) in [5.41, 5.74) is 2.21. The number of rotatable bonds is 2. The molecule has 2 aromatic carbocycles. The van der Waals surface area contributed by atoms with E-state index in [-0.39, 0.29) is 11.8 Å². The average molecular weight is 278 g/mol. The van der Waals surface area contributed by atoms with Crippen molar-refractivity contribution in [2.75, 3.05) is 11.9 Å². The number of anilines is 1. The predicted molar refractivity (Wildman–Crippen MR) is 78.9 cm³/mol. The Labute approximate surface area is 123 Å². The molecule has 0 aromatic heterocycles. The van der Waals surface area contributed by atoms with Crippen LogP contribution in [-0.2, 0) is 11.2 Å². The van der Waals surface area contributed by atoms with Gasteiger partial charge in [0.25, 0.3) is 0 Å². The maximum absolute atomic E-state index is 12.3. The van der Waals surface area contributed by atoms with Crippen molar-refractivity contribution in [3.63, 3.8) is 0 Å². The van der Waals surface area contributed by atoms with Crippen molar-refractivity contribution in [3.05, 3.63) is 59.7 Å². The molecule has 2 aromatic rings. The molecule has 3 rings (SSSR count). The second-order valence-electron chi connectivity index (χ2n) is 5.00. The molecule has 0 saturated heterocycles. The summed E-state index contributed by atoms with van der Waals surface area (Å²) in [6, 6.07) is 16.7. The van der Waals surface area contributed by atoms with Crippen LogP contribution in [0, 0.1) is 17.2 Å². The molecule has 0 aliphatic carbocycles. The molecule has 104 valence electrons. The summed E-state index contributed by atoms with van der Waals surface area (Å²) in [6.45, 7) is 0.376. The first-order valence-corrected chi connectivity index (χ1v) is 6.78. The molecule has 4 heteroatoms. The zero-order valence-electron chi connectivity index (χ0n) is 11.4. The van der Waals surface area contributed by atoms with Crippen molar-refractivity contribution in [1.29, 1.82) is 5.26 Å². The highest BCUT2D eigenvalue weighted by Gasteiger charge is 2.25. The van der Waals surface area contributed by atoms with E-state index in [9.17, 15) is 4.79 Å². The third-order valence-corrected chi connectivity index (χ3v) is 3.51. The van der Waals surface area contributed by atoms with Gasteiger partial charge in [0.05, 0.1) is 17.6 Å². The van der Waals surface area contributed by atoms with Crippen molar-refractivity contribution in [2.24, 2.45) is 5.92 Å². The Morgan fingerprint density at radius 1 is 1.24 bits per heavy atom. The standard InChI is InChI=1S/C17H14N2O2/c18-10-12-4-3-6-15(8-12)19-17(20)14-9-13-5-1-2-7-16(13)21-11-14/h1-8,14H,9,11H2,(H,19,20)/t14-/m0/s1. The van der Waals surface area contributed by atoms with Gasteiger partial charge in [-0.25, -0.2) is 0 Å². The van der Waals surface area contributed by atoms with Gasteiger partial charge in [-0.15, -0.1) is 0 Å². The van der Waals surface area contributed by atoms with Crippen molar-refractivity contribution >= 4 is 11.6 Å². The molecule has 21 heavy (non-hydrogen) atoms. The first-order chi connectivity index (χ1) is 10.3. The van der Waals surface area contributed by atoms with Crippen molar-refractivity contribution in [3.8, 4) is 11.8 Å². The monoisotopic (exact) mass is 278 g/mol. The highest BCUT2D eigenvalue weighted by atomic mass is 16.5. The van der Waals surface area contributed by atoms with Crippen LogP contribution in [0.4, 0.5) is 5.69 Å². The van der Waals surface area contributed by atoms with E-state index in [1.54, 1.807) is 24.3 Å². The fraction of sp³-hybridized carbons (Fsp3) is 0.176. The molecule has 0 spiro atoms. The minimum absolute atomic E-state index is 0.0837. The van der Waals surface area contributed by atoms with Crippen LogP contribution in [0.3, 0.4) is 0 Å². The van der Waals surface area contributed by atoms with Gasteiger partial charge in [0.15, 0.2) is 0 Å². The summed E-state index contributed by atoms with van der Waals surface area (Å²) in [4.78, 5) is 12.3. The number of hydrogen-bond acceptors (Lipinski definition) is 3. The molecule has 0 radical (unpaired) electrons. The minimum Gasteiger partial charge on any atom is -0.492 e. The smallest absolute Gasteiger partial charge is 0.231 e. The van der Waals surface area contributed by atoms with Gasteiger partial charge in [0, 0.05) is 5.69 Å². The molecular weight excluding hydrogens is 264 g/mol. The SMILES string of the molecule is N#Cc1cccc(NC(=O)[C@@H]2COc3ccccc3C2)c1. The number of para-hydroxylation sites is 1. The molecular formula is C17H14N2O2. The van der Waals surface area contributed by atoms with Crippen LogP contribution < -0.4 is 10.1 Å². The van der Waals surface area contributed by atoms with Gasteiger partial charge in [-0.2, -0.15) is 5.26 Å². The number of nitrogens with zero attached hydrogens (tertiary/aromatic N) is 1. The normalized spacial score (nSPS) is 16.2. The van der Waals surface area contributed by atoms with Gasteiger partial charge in [0.1, 0.15) is 12.4 Å². The molecule has 1 heterocycles. The number of fused-ring (bicyclic) bond motifs is 1. The van der Waals surface area contributed by atoms with E-state index < -0.39 is 0 Å². The van der Waals surface area contributed by atoms with Crippen LogP contribution in [0.1, 0.15) is 11.1 Å². The highest BCUT2D eigenvalue weighted by Crippen LogP contribution is 2.27. The fourth-order valence-corrected chi connectivity index (χ4v) is 2.41. The topological polar surface area (TPSA) is 62.1 Å². The third kappa shape index (κ3) is 2.87. The number of carbonyl (C=O) groups excluding carboxylic acids is 1. The van der Waals surface area contributed by atoms with Crippen LogP contribution in [0.5, 0.6) is 5.75 Å². The van der Waals surface area contributed by atoms with E-state index in [0.717, 1.165) is 11.3 Å². The van der Waals surface area contributed by atoms with Gasteiger partial charge in [-0.05, 0) is 36.2 Å². The lowest BCUT2D eigenvalue weighted by atomic mass is 9.96. The Morgan fingerprint density at radius 2 is 2.10 bits per heavy atom. The second-order valence-corrected chi connectivity index (χ2v) is 5.00. The van der Waals surface area contributed by atoms with Crippen LogP contribution in [0.15, 0.2) is 48.5 Å². The van der Waals surface area contributed by atoms with E-state index in [2.05, 4.69) is 11.4 Å². The lowest BCUT2D eigenvalue weighted by molar-refractivity contribution is -0.121. The van der Waals surface area contributed by atoms with Crippen molar-refractivity contribution < 1.29 is 9.53 Å². The Balaban J connectivity index is 1.71. The lowest BCUT2D eigenvalue weighted by Crippen LogP contribution is -2.32. The number of hydrogen-bond donors (Lipinski definition) is 1. The van der Waals surface area contributed by atoms with Crippen LogP contribution in [-0.4, -0.2) is 12.5 Å². The fourth-order valence-electron chi connectivity index (χ4n) is 2.41. The number of nitriles is 1.